The van der Waals surface area contributed by atoms with Crippen LogP contribution in [0.15, 0.2) is 0 Å². The van der Waals surface area contributed by atoms with Crippen molar-refractivity contribution in [2.24, 2.45) is 17.3 Å². The molecule has 4 nitrogen and oxygen atoms in total. The van der Waals surface area contributed by atoms with Gasteiger partial charge in [-0.25, -0.2) is 0 Å². The van der Waals surface area contributed by atoms with Gasteiger partial charge in [0.2, 0.25) is 5.91 Å². The Bertz CT molecular complexity index is 405. The number of carbonyl (C=O) groups is 2. The number of nitrogens with zero attached hydrogens (tertiary/aromatic N) is 2. The molecular weight excluding hydrogens is 252 g/mol. The van der Waals surface area contributed by atoms with Gasteiger partial charge in [0.05, 0.1) is 40.3 Å². The maximum Gasteiger partial charge on any atom is 0.223 e. The Balaban J connectivity index is 1.86. The van der Waals surface area contributed by atoms with Crippen molar-refractivity contribution >= 4 is 11.7 Å². The van der Waals surface area contributed by atoms with E-state index < -0.39 is 0 Å². The van der Waals surface area contributed by atoms with Crippen LogP contribution in [0.25, 0.3) is 0 Å². The molecule has 2 aliphatic rings. The van der Waals surface area contributed by atoms with Gasteiger partial charge >= 0.3 is 0 Å². The number of likely N-dealkylation sites (N-methyl/N-ethyl adjacent to an activating group) is 1. The molecular formula is C16H29N2O2+. The van der Waals surface area contributed by atoms with Gasteiger partial charge in [-0.3, -0.25) is 9.59 Å². The lowest BCUT2D eigenvalue weighted by atomic mass is 9.52. The van der Waals surface area contributed by atoms with Gasteiger partial charge in [0.1, 0.15) is 5.78 Å². The van der Waals surface area contributed by atoms with E-state index in [2.05, 4.69) is 27.9 Å². The Labute approximate surface area is 122 Å². The third kappa shape index (κ3) is 2.90. The zero-order chi connectivity index (χ0) is 15.1. The average molecular weight is 281 g/mol. The number of hydrogen-bond acceptors (Lipinski definition) is 2. The lowest BCUT2D eigenvalue weighted by molar-refractivity contribution is -0.894. The molecule has 1 aliphatic heterocycles. The van der Waals surface area contributed by atoms with Crippen molar-refractivity contribution in [1.82, 2.24) is 4.90 Å². The lowest BCUT2D eigenvalue weighted by Gasteiger charge is -2.51. The summed E-state index contributed by atoms with van der Waals surface area (Å²) in [6.45, 7) is 9.76. The van der Waals surface area contributed by atoms with Crippen molar-refractivity contribution in [1.29, 1.82) is 0 Å². The SMILES string of the molecule is CC(=O)[C@@H]1C[C@@H](CC(=O)N2CC[N+](C)(C)CC2)C1(C)C. The maximum atomic E-state index is 12.4. The van der Waals surface area contributed by atoms with Gasteiger partial charge in [-0.2, -0.15) is 0 Å². The summed E-state index contributed by atoms with van der Waals surface area (Å²) in [7, 11) is 4.43. The zero-order valence-corrected chi connectivity index (χ0v) is 13.6. The van der Waals surface area contributed by atoms with Gasteiger partial charge in [-0.1, -0.05) is 13.8 Å². The van der Waals surface area contributed by atoms with Crippen molar-refractivity contribution < 1.29 is 14.1 Å². The summed E-state index contributed by atoms with van der Waals surface area (Å²) < 4.78 is 1.01. The van der Waals surface area contributed by atoms with Gasteiger partial charge in [0.25, 0.3) is 0 Å². The van der Waals surface area contributed by atoms with Gasteiger partial charge in [-0.15, -0.1) is 0 Å². The predicted octanol–water partition coefficient (Wildman–Crippen LogP) is 1.55. The topological polar surface area (TPSA) is 37.4 Å². The highest BCUT2D eigenvalue weighted by Crippen LogP contribution is 2.53. The van der Waals surface area contributed by atoms with Crippen LogP contribution in [-0.4, -0.2) is 61.3 Å². The largest absolute Gasteiger partial charge is 0.331 e. The molecule has 1 heterocycles. The first kappa shape index (κ1) is 15.5. The first-order valence-electron chi connectivity index (χ1n) is 7.74. The molecule has 0 spiro atoms. The highest BCUT2D eigenvalue weighted by molar-refractivity contribution is 5.81. The molecule has 114 valence electrons. The van der Waals surface area contributed by atoms with Crippen LogP contribution in [0.3, 0.4) is 0 Å². The van der Waals surface area contributed by atoms with Gasteiger partial charge in [0, 0.05) is 12.3 Å². The predicted molar refractivity (Wildman–Crippen MR) is 79.1 cm³/mol. The smallest absolute Gasteiger partial charge is 0.223 e. The number of amides is 1. The fourth-order valence-electron chi connectivity index (χ4n) is 3.65. The summed E-state index contributed by atoms with van der Waals surface area (Å²) in [6.07, 6.45) is 1.51. The van der Waals surface area contributed by atoms with Crippen LogP contribution in [0.2, 0.25) is 0 Å². The number of ketones is 1. The molecule has 1 saturated carbocycles. The second-order valence-electron chi connectivity index (χ2n) is 7.89. The molecule has 1 saturated heterocycles. The fourth-order valence-corrected chi connectivity index (χ4v) is 3.65. The second-order valence-corrected chi connectivity index (χ2v) is 7.89. The highest BCUT2D eigenvalue weighted by atomic mass is 16.2. The van der Waals surface area contributed by atoms with Crippen molar-refractivity contribution in [2.45, 2.75) is 33.6 Å². The highest BCUT2D eigenvalue weighted by Gasteiger charge is 2.50. The number of rotatable bonds is 3. The van der Waals surface area contributed by atoms with E-state index in [0.717, 1.165) is 37.1 Å². The van der Waals surface area contributed by atoms with Crippen LogP contribution in [0, 0.1) is 17.3 Å². The first-order chi connectivity index (χ1) is 9.13. The van der Waals surface area contributed by atoms with E-state index in [9.17, 15) is 9.59 Å². The standard InChI is InChI=1S/C16H29N2O2/c1-12(19)14-10-13(16(14,2)3)11-15(20)17-6-8-18(4,5)9-7-17/h13-14H,6-11H2,1-5H3/q+1/t13-,14-/m0/s1. The molecule has 0 aromatic carbocycles. The molecule has 4 heteroatoms. The van der Waals surface area contributed by atoms with Crippen LogP contribution in [0.1, 0.15) is 33.6 Å². The number of piperazine rings is 1. The van der Waals surface area contributed by atoms with Gasteiger partial charge in [0.15, 0.2) is 0 Å². The Kier molecular flexibility index (Phi) is 3.98. The van der Waals surface area contributed by atoms with E-state index in [0.29, 0.717) is 12.3 Å². The molecule has 2 fully saturated rings. The molecule has 20 heavy (non-hydrogen) atoms. The summed E-state index contributed by atoms with van der Waals surface area (Å²) in [4.78, 5) is 26.0. The van der Waals surface area contributed by atoms with Crippen molar-refractivity contribution in [3.8, 4) is 0 Å². The minimum absolute atomic E-state index is 0.00733. The number of carbonyl (C=O) groups excluding carboxylic acids is 2. The third-order valence-electron chi connectivity index (χ3n) is 5.69. The van der Waals surface area contributed by atoms with Crippen LogP contribution < -0.4 is 0 Å². The second kappa shape index (κ2) is 5.14. The molecule has 2 rings (SSSR count). The van der Waals surface area contributed by atoms with E-state index in [4.69, 9.17) is 0 Å². The molecule has 1 aliphatic carbocycles. The Hall–Kier alpha value is -0.900. The van der Waals surface area contributed by atoms with Crippen molar-refractivity contribution in [3.63, 3.8) is 0 Å². The summed E-state index contributed by atoms with van der Waals surface area (Å²) in [5, 5.41) is 0. The minimum atomic E-state index is -0.00733. The van der Waals surface area contributed by atoms with E-state index in [1.807, 2.05) is 4.90 Å². The minimum Gasteiger partial charge on any atom is -0.331 e. The zero-order valence-electron chi connectivity index (χ0n) is 13.6. The van der Waals surface area contributed by atoms with E-state index in [1.54, 1.807) is 6.92 Å². The van der Waals surface area contributed by atoms with Crippen LogP contribution in [-0.2, 0) is 9.59 Å². The van der Waals surface area contributed by atoms with Crippen molar-refractivity contribution in [3.05, 3.63) is 0 Å². The number of quaternary nitrogens is 1. The van der Waals surface area contributed by atoms with Crippen LogP contribution in [0.5, 0.6) is 0 Å². The molecule has 0 unspecified atom stereocenters. The van der Waals surface area contributed by atoms with Crippen LogP contribution in [0.4, 0.5) is 0 Å². The van der Waals surface area contributed by atoms with Crippen LogP contribution >= 0.6 is 0 Å². The Morgan fingerprint density at radius 1 is 1.20 bits per heavy atom. The number of Topliss-reactive ketones (excluding diaryl/α,β-unsaturated/α-hetero) is 1. The van der Waals surface area contributed by atoms with Gasteiger partial charge in [-0.05, 0) is 24.7 Å². The Morgan fingerprint density at radius 2 is 1.75 bits per heavy atom. The summed E-state index contributed by atoms with van der Waals surface area (Å²) >= 11 is 0. The fraction of sp³-hybridized carbons (Fsp3) is 0.875. The molecule has 0 N–H and O–H groups in total. The number of hydrogen-bond donors (Lipinski definition) is 0. The molecule has 1 amide bonds. The summed E-state index contributed by atoms with van der Waals surface area (Å²) in [5.41, 5.74) is -0.00733. The normalized spacial score (nSPS) is 31.6. The molecule has 0 aromatic heterocycles. The van der Waals surface area contributed by atoms with Crippen molar-refractivity contribution in [2.75, 3.05) is 40.3 Å². The third-order valence-corrected chi connectivity index (χ3v) is 5.69. The maximum absolute atomic E-state index is 12.4. The lowest BCUT2D eigenvalue weighted by Crippen LogP contribution is -2.57. The monoisotopic (exact) mass is 281 g/mol. The average Bonchev–Trinajstić information content (AvgIpc) is 2.33. The summed E-state index contributed by atoms with van der Waals surface area (Å²) in [5.74, 6) is 1.08. The molecule has 2 atom stereocenters. The van der Waals surface area contributed by atoms with E-state index in [-0.39, 0.29) is 23.0 Å². The van der Waals surface area contributed by atoms with E-state index in [1.165, 1.54) is 0 Å². The first-order valence-corrected chi connectivity index (χ1v) is 7.74. The molecule has 0 aromatic rings. The van der Waals surface area contributed by atoms with Gasteiger partial charge < -0.3 is 9.38 Å². The van der Waals surface area contributed by atoms with E-state index >= 15 is 0 Å². The Morgan fingerprint density at radius 3 is 2.20 bits per heavy atom. The summed E-state index contributed by atoms with van der Waals surface area (Å²) in [6, 6.07) is 0. The molecule has 0 bridgehead atoms. The molecule has 0 radical (unpaired) electrons. The quantitative estimate of drug-likeness (QED) is 0.736.